The molecule has 0 bridgehead atoms. The zero-order chi connectivity index (χ0) is 9.84. The molecule has 4 heteroatoms. The third-order valence-electron chi connectivity index (χ3n) is 1.69. The summed E-state index contributed by atoms with van der Waals surface area (Å²) in [5.41, 5.74) is 6.72. The van der Waals surface area contributed by atoms with Crippen molar-refractivity contribution in [1.82, 2.24) is 0 Å². The van der Waals surface area contributed by atoms with E-state index in [1.54, 1.807) is 18.2 Å². The Labute approximate surface area is 76.5 Å². The van der Waals surface area contributed by atoms with Crippen LogP contribution in [-0.4, -0.2) is 11.1 Å². The Bertz CT molecular complexity index is 312. The van der Waals surface area contributed by atoms with Crippen LogP contribution in [0.25, 0.3) is 0 Å². The van der Waals surface area contributed by atoms with E-state index < -0.39 is 5.91 Å². The fraction of sp³-hybridized carbons (Fsp3) is 0.222. The molecule has 0 spiro atoms. The average Bonchev–Trinajstić information content (AvgIpc) is 2.16. The molecule has 0 fully saturated rings. The highest BCUT2D eigenvalue weighted by molar-refractivity contribution is 5.88. The second-order valence-electron chi connectivity index (χ2n) is 2.70. The van der Waals surface area contributed by atoms with E-state index in [1.165, 1.54) is 6.92 Å². The van der Waals surface area contributed by atoms with Gasteiger partial charge in [-0.25, -0.2) is 0 Å². The van der Waals surface area contributed by atoms with Crippen LogP contribution >= 0.6 is 0 Å². The van der Waals surface area contributed by atoms with Crippen molar-refractivity contribution in [3.05, 3.63) is 29.8 Å². The number of nitrogens with two attached hydrogens (primary N) is 1. The molecule has 13 heavy (non-hydrogen) atoms. The summed E-state index contributed by atoms with van der Waals surface area (Å²) < 4.78 is 0. The van der Waals surface area contributed by atoms with Crippen LogP contribution < -0.4 is 10.8 Å². The molecule has 0 aliphatic rings. The molecular formula is C9H12N2O2. The van der Waals surface area contributed by atoms with Gasteiger partial charge in [0, 0.05) is 13.5 Å². The predicted molar refractivity (Wildman–Crippen MR) is 49.3 cm³/mol. The molecule has 0 aliphatic heterocycles. The van der Waals surface area contributed by atoms with Gasteiger partial charge in [0.1, 0.15) is 0 Å². The van der Waals surface area contributed by atoms with Crippen molar-refractivity contribution in [2.75, 3.05) is 5.06 Å². The van der Waals surface area contributed by atoms with Gasteiger partial charge in [-0.15, -0.1) is 0 Å². The smallest absolute Gasteiger partial charge is 0.247 e. The van der Waals surface area contributed by atoms with Crippen molar-refractivity contribution < 1.29 is 10.0 Å². The summed E-state index contributed by atoms with van der Waals surface area (Å²) in [7, 11) is 0. The van der Waals surface area contributed by atoms with E-state index in [4.69, 9.17) is 5.73 Å². The minimum absolute atomic E-state index is 0.388. The van der Waals surface area contributed by atoms with Crippen molar-refractivity contribution in [2.45, 2.75) is 13.5 Å². The fourth-order valence-corrected chi connectivity index (χ4v) is 0.997. The van der Waals surface area contributed by atoms with Gasteiger partial charge < -0.3 is 5.73 Å². The second-order valence-corrected chi connectivity index (χ2v) is 2.70. The summed E-state index contributed by atoms with van der Waals surface area (Å²) in [5, 5.41) is 9.86. The number of hydrogen-bond donors (Lipinski definition) is 2. The first-order chi connectivity index (χ1) is 6.15. The van der Waals surface area contributed by atoms with Crippen molar-refractivity contribution in [2.24, 2.45) is 5.73 Å². The lowest BCUT2D eigenvalue weighted by molar-refractivity contribution is -0.121. The highest BCUT2D eigenvalue weighted by atomic mass is 16.5. The lowest BCUT2D eigenvalue weighted by atomic mass is 10.2. The molecule has 1 amide bonds. The number of amides is 1. The molecule has 0 unspecified atom stereocenters. The Balaban J connectivity index is 2.94. The molecule has 0 atom stereocenters. The summed E-state index contributed by atoms with van der Waals surface area (Å²) in [5.74, 6) is -0.422. The summed E-state index contributed by atoms with van der Waals surface area (Å²) in [6.45, 7) is 1.68. The first-order valence-corrected chi connectivity index (χ1v) is 3.93. The lowest BCUT2D eigenvalue weighted by Gasteiger charge is -2.12. The maximum Gasteiger partial charge on any atom is 0.247 e. The zero-order valence-corrected chi connectivity index (χ0v) is 7.40. The van der Waals surface area contributed by atoms with Crippen LogP contribution in [0.1, 0.15) is 12.5 Å². The Hall–Kier alpha value is -1.39. The Morgan fingerprint density at radius 3 is 2.85 bits per heavy atom. The van der Waals surface area contributed by atoms with Crippen molar-refractivity contribution in [3.63, 3.8) is 0 Å². The Kier molecular flexibility index (Phi) is 3.00. The molecule has 3 N–H and O–H groups in total. The van der Waals surface area contributed by atoms with Crippen LogP contribution in [-0.2, 0) is 11.3 Å². The largest absolute Gasteiger partial charge is 0.326 e. The maximum absolute atomic E-state index is 10.8. The van der Waals surface area contributed by atoms with Crippen LogP contribution in [0, 0.1) is 0 Å². The Morgan fingerprint density at radius 1 is 1.62 bits per heavy atom. The van der Waals surface area contributed by atoms with E-state index >= 15 is 0 Å². The molecule has 1 rings (SSSR count). The van der Waals surface area contributed by atoms with Crippen LogP contribution in [0.2, 0.25) is 0 Å². The first-order valence-electron chi connectivity index (χ1n) is 3.93. The van der Waals surface area contributed by atoms with Crippen LogP contribution in [0.4, 0.5) is 5.69 Å². The number of benzene rings is 1. The first kappa shape index (κ1) is 9.70. The maximum atomic E-state index is 10.8. The summed E-state index contributed by atoms with van der Waals surface area (Å²) in [4.78, 5) is 10.8. The van der Waals surface area contributed by atoms with Crippen molar-refractivity contribution >= 4 is 11.6 Å². The van der Waals surface area contributed by atoms with Gasteiger partial charge in [-0.3, -0.25) is 10.0 Å². The topological polar surface area (TPSA) is 66.6 Å². The van der Waals surface area contributed by atoms with E-state index in [-0.39, 0.29) is 0 Å². The van der Waals surface area contributed by atoms with E-state index in [0.29, 0.717) is 17.3 Å². The number of anilines is 1. The van der Waals surface area contributed by atoms with Gasteiger partial charge in [0.25, 0.3) is 0 Å². The number of carbonyl (C=O) groups is 1. The molecular weight excluding hydrogens is 168 g/mol. The monoisotopic (exact) mass is 180 g/mol. The van der Waals surface area contributed by atoms with Gasteiger partial charge >= 0.3 is 0 Å². The normalized spacial score (nSPS) is 9.77. The molecule has 0 saturated carbocycles. The van der Waals surface area contributed by atoms with Crippen molar-refractivity contribution in [1.29, 1.82) is 0 Å². The number of rotatable bonds is 2. The van der Waals surface area contributed by atoms with E-state index in [2.05, 4.69) is 0 Å². The quantitative estimate of drug-likeness (QED) is 0.524. The molecule has 70 valence electrons. The van der Waals surface area contributed by atoms with E-state index in [0.717, 1.165) is 5.56 Å². The van der Waals surface area contributed by atoms with Gasteiger partial charge in [-0.05, 0) is 17.7 Å². The summed E-state index contributed by atoms with van der Waals surface area (Å²) >= 11 is 0. The number of hydrogen-bond acceptors (Lipinski definition) is 3. The standard InChI is InChI=1S/C9H12N2O2/c1-7(12)11(13)9-4-2-3-8(5-9)6-10/h2-5,13H,6,10H2,1H3. The van der Waals surface area contributed by atoms with Gasteiger partial charge in [-0.2, -0.15) is 5.06 Å². The van der Waals surface area contributed by atoms with Gasteiger partial charge in [0.05, 0.1) is 5.69 Å². The van der Waals surface area contributed by atoms with Crippen LogP contribution in [0.15, 0.2) is 24.3 Å². The minimum Gasteiger partial charge on any atom is -0.326 e. The molecule has 4 nitrogen and oxygen atoms in total. The average molecular weight is 180 g/mol. The summed E-state index contributed by atoms with van der Waals surface area (Å²) in [6, 6.07) is 6.88. The van der Waals surface area contributed by atoms with Gasteiger partial charge in [0.15, 0.2) is 0 Å². The highest BCUT2D eigenvalue weighted by Gasteiger charge is 2.07. The molecule has 0 aromatic heterocycles. The second kappa shape index (κ2) is 4.02. The number of nitrogens with zero attached hydrogens (tertiary/aromatic N) is 1. The number of hydroxylamine groups is 1. The van der Waals surface area contributed by atoms with Gasteiger partial charge in [0.2, 0.25) is 5.91 Å². The lowest BCUT2D eigenvalue weighted by Crippen LogP contribution is -2.23. The summed E-state index contributed by atoms with van der Waals surface area (Å²) in [6.07, 6.45) is 0. The Morgan fingerprint density at radius 2 is 2.31 bits per heavy atom. The molecule has 0 aliphatic carbocycles. The van der Waals surface area contributed by atoms with E-state index in [9.17, 15) is 10.0 Å². The van der Waals surface area contributed by atoms with E-state index in [1.807, 2.05) is 6.07 Å². The predicted octanol–water partition coefficient (Wildman–Crippen LogP) is 0.887. The van der Waals surface area contributed by atoms with Crippen LogP contribution in [0.3, 0.4) is 0 Å². The molecule has 1 aromatic rings. The minimum atomic E-state index is -0.422. The zero-order valence-electron chi connectivity index (χ0n) is 7.40. The third kappa shape index (κ3) is 2.27. The molecule has 0 radical (unpaired) electrons. The SMILES string of the molecule is CC(=O)N(O)c1cccc(CN)c1. The number of carbonyl (C=O) groups excluding carboxylic acids is 1. The molecule has 0 heterocycles. The highest BCUT2D eigenvalue weighted by Crippen LogP contribution is 2.14. The molecule has 0 saturated heterocycles. The molecule has 1 aromatic carbocycles. The van der Waals surface area contributed by atoms with Crippen molar-refractivity contribution in [3.8, 4) is 0 Å². The fourth-order valence-electron chi connectivity index (χ4n) is 0.997. The van der Waals surface area contributed by atoms with Gasteiger partial charge in [-0.1, -0.05) is 12.1 Å². The third-order valence-corrected chi connectivity index (χ3v) is 1.69. The van der Waals surface area contributed by atoms with Crippen LogP contribution in [0.5, 0.6) is 0 Å².